The number of aliphatic hydroxyl groups is 11. The number of unbranched alkanes of at least 4 members (excludes halogenated alkanes) is 17. The van der Waals surface area contributed by atoms with Gasteiger partial charge in [0.1, 0.15) is 73.2 Å². The Balaban J connectivity index is 1.54. The smallest absolute Gasteiger partial charge is 0.220 e. The zero-order valence-corrected chi connectivity index (χ0v) is 44.3. The van der Waals surface area contributed by atoms with E-state index >= 15 is 0 Å². The highest BCUT2D eigenvalue weighted by molar-refractivity contribution is 5.76. The Morgan fingerprint density at radius 3 is 1.46 bits per heavy atom. The van der Waals surface area contributed by atoms with Crippen molar-refractivity contribution in [3.8, 4) is 0 Å². The van der Waals surface area contributed by atoms with Gasteiger partial charge in [-0.2, -0.15) is 0 Å². The van der Waals surface area contributed by atoms with Crippen molar-refractivity contribution in [2.24, 2.45) is 0 Å². The summed E-state index contributed by atoms with van der Waals surface area (Å²) in [5.41, 5.74) is 0. The minimum absolute atomic E-state index is 0.225. The molecule has 3 aliphatic heterocycles. The summed E-state index contributed by atoms with van der Waals surface area (Å²) in [6.07, 6.45) is 13.9. The second-order valence-corrected chi connectivity index (χ2v) is 20.0. The molecule has 3 aliphatic rings. The van der Waals surface area contributed by atoms with Gasteiger partial charge in [0.2, 0.25) is 5.91 Å². The van der Waals surface area contributed by atoms with Gasteiger partial charge in [0, 0.05) is 6.42 Å². The lowest BCUT2D eigenvalue weighted by Gasteiger charge is -2.48. The van der Waals surface area contributed by atoms with Crippen molar-refractivity contribution in [3.05, 3.63) is 48.6 Å². The molecule has 12 N–H and O–H groups in total. The average Bonchev–Trinajstić information content (AvgIpc) is 3.40. The molecule has 0 aromatic carbocycles. The molecule has 17 unspecified atom stereocenters. The van der Waals surface area contributed by atoms with E-state index in [9.17, 15) is 61.0 Å². The molecule has 3 fully saturated rings. The van der Waals surface area contributed by atoms with Crippen LogP contribution in [-0.2, 0) is 33.2 Å². The number of hydrogen-bond donors (Lipinski definition) is 12. The lowest BCUT2D eigenvalue weighted by atomic mass is 9.96. The maximum absolute atomic E-state index is 13.3. The molecule has 0 radical (unpaired) electrons. The van der Waals surface area contributed by atoms with Gasteiger partial charge in [-0.15, -0.1) is 0 Å². The molecule has 430 valence electrons. The fourth-order valence-corrected chi connectivity index (χ4v) is 9.18. The van der Waals surface area contributed by atoms with Crippen LogP contribution in [0, 0.1) is 0 Å². The summed E-state index contributed by atoms with van der Waals surface area (Å²) in [6.45, 7) is 1.62. The van der Waals surface area contributed by atoms with E-state index in [1.54, 1.807) is 6.08 Å². The van der Waals surface area contributed by atoms with Crippen LogP contribution in [0.5, 0.6) is 0 Å². The van der Waals surface area contributed by atoms with E-state index in [0.717, 1.165) is 77.0 Å². The third-order valence-corrected chi connectivity index (χ3v) is 13.8. The van der Waals surface area contributed by atoms with Crippen molar-refractivity contribution < 1.29 is 89.4 Å². The molecule has 19 heteroatoms. The quantitative estimate of drug-likeness (QED) is 0.0310. The summed E-state index contributed by atoms with van der Waals surface area (Å²) in [4.78, 5) is 13.3. The van der Waals surface area contributed by atoms with Crippen molar-refractivity contribution in [2.75, 3.05) is 26.4 Å². The Hall–Kier alpha value is -2.25. The number of hydrogen-bond acceptors (Lipinski definition) is 18. The summed E-state index contributed by atoms with van der Waals surface area (Å²) in [5.74, 6) is -0.298. The second kappa shape index (κ2) is 39.2. The first-order valence-electron chi connectivity index (χ1n) is 27.9. The highest BCUT2D eigenvalue weighted by Gasteiger charge is 2.53. The molecule has 0 aromatic heterocycles. The van der Waals surface area contributed by atoms with Gasteiger partial charge in [0.25, 0.3) is 0 Å². The Morgan fingerprint density at radius 1 is 0.486 bits per heavy atom. The Labute approximate surface area is 440 Å². The first kappa shape index (κ1) is 66.0. The molecular formula is C55H97NO18. The van der Waals surface area contributed by atoms with Crippen LogP contribution in [0.3, 0.4) is 0 Å². The summed E-state index contributed by atoms with van der Waals surface area (Å²) < 4.78 is 34.1. The van der Waals surface area contributed by atoms with Crippen molar-refractivity contribution in [1.82, 2.24) is 5.32 Å². The number of carbonyl (C=O) groups is 1. The van der Waals surface area contributed by atoms with Gasteiger partial charge in [-0.05, 0) is 64.2 Å². The predicted molar refractivity (Wildman–Crippen MR) is 277 cm³/mol. The molecule has 0 aromatic rings. The zero-order valence-electron chi connectivity index (χ0n) is 44.3. The Kier molecular flexibility index (Phi) is 34.9. The normalized spacial score (nSPS) is 31.8. The maximum Gasteiger partial charge on any atom is 0.220 e. The predicted octanol–water partition coefficient (Wildman–Crippen LogP) is 3.53. The first-order chi connectivity index (χ1) is 35.8. The molecule has 3 heterocycles. The molecule has 3 saturated heterocycles. The van der Waals surface area contributed by atoms with Crippen LogP contribution in [0.25, 0.3) is 0 Å². The third kappa shape index (κ3) is 23.8. The standard InChI is InChI=1S/C55H97NO18/c1-3-5-7-9-11-13-15-17-18-19-20-21-23-25-27-29-31-33-43(61)56-38(39(60)32-30-28-26-24-22-16-14-12-10-8-6-4-2)37-69-53-49(67)46(64)51(41(35-58)71-53)74-55-50(68)47(65)52(42(36-59)72-55)73-54-48(66)45(63)44(62)40(34-57)70-54/h11,13,17-18,22,24,30,32,38-42,44-55,57-60,62-68H,3-10,12,14-16,19-21,23,25-29,31,33-37H2,1-2H3,(H,56,61)/b13-11-,18-17-,24-22+,32-30+. The SMILES string of the molecule is CCCCC/C=C\C/C=C\CCCCCCCCCC(=O)NC(COC1OC(CO)C(OC2OC(CO)C(OC3OC(CO)C(O)C(O)C3O)C(O)C2O)C(O)C1O)C(O)/C=C/CC/C=C/CCCCCCCC. The molecule has 17 atom stereocenters. The molecule has 1 amide bonds. The molecule has 0 spiro atoms. The lowest BCUT2D eigenvalue weighted by Crippen LogP contribution is -2.66. The molecule has 19 nitrogen and oxygen atoms in total. The zero-order chi connectivity index (χ0) is 54.1. The Bertz CT molecular complexity index is 1550. The molecular weight excluding hydrogens is 963 g/mol. The van der Waals surface area contributed by atoms with Gasteiger partial charge in [-0.1, -0.05) is 140 Å². The van der Waals surface area contributed by atoms with Crippen LogP contribution < -0.4 is 5.32 Å². The van der Waals surface area contributed by atoms with E-state index in [-0.39, 0.29) is 18.9 Å². The number of amides is 1. The second-order valence-electron chi connectivity index (χ2n) is 20.0. The van der Waals surface area contributed by atoms with Crippen molar-refractivity contribution >= 4 is 5.91 Å². The number of carbonyl (C=O) groups excluding carboxylic acids is 1. The van der Waals surface area contributed by atoms with Gasteiger partial charge < -0.3 is 89.9 Å². The molecule has 0 saturated carbocycles. The van der Waals surface area contributed by atoms with Gasteiger partial charge in [-0.25, -0.2) is 0 Å². The highest BCUT2D eigenvalue weighted by Crippen LogP contribution is 2.33. The van der Waals surface area contributed by atoms with Gasteiger partial charge in [0.05, 0.1) is 38.6 Å². The van der Waals surface area contributed by atoms with E-state index in [1.807, 2.05) is 6.08 Å². The fraction of sp³-hybridized carbons (Fsp3) is 0.836. The highest BCUT2D eigenvalue weighted by atomic mass is 16.8. The number of nitrogens with one attached hydrogen (secondary N) is 1. The van der Waals surface area contributed by atoms with Crippen molar-refractivity contribution in [2.45, 2.75) is 266 Å². The van der Waals surface area contributed by atoms with Crippen LogP contribution in [0.4, 0.5) is 0 Å². The van der Waals surface area contributed by atoms with Crippen molar-refractivity contribution in [1.29, 1.82) is 0 Å². The van der Waals surface area contributed by atoms with Crippen LogP contribution in [0.1, 0.15) is 162 Å². The maximum atomic E-state index is 13.3. The molecule has 74 heavy (non-hydrogen) atoms. The monoisotopic (exact) mass is 1060 g/mol. The molecule has 0 aliphatic carbocycles. The van der Waals surface area contributed by atoms with Gasteiger partial charge >= 0.3 is 0 Å². The van der Waals surface area contributed by atoms with Crippen LogP contribution in [-0.4, -0.2) is 193 Å². The van der Waals surface area contributed by atoms with Gasteiger partial charge in [-0.3, -0.25) is 4.79 Å². The number of aliphatic hydroxyl groups excluding tert-OH is 11. The van der Waals surface area contributed by atoms with Crippen LogP contribution >= 0.6 is 0 Å². The molecule has 0 bridgehead atoms. The summed E-state index contributed by atoms with van der Waals surface area (Å²) >= 11 is 0. The minimum Gasteiger partial charge on any atom is -0.394 e. The summed E-state index contributed by atoms with van der Waals surface area (Å²) in [5, 5.41) is 120. The fourth-order valence-electron chi connectivity index (χ4n) is 9.18. The van der Waals surface area contributed by atoms with E-state index in [0.29, 0.717) is 12.8 Å². The molecule has 3 rings (SSSR count). The third-order valence-electron chi connectivity index (χ3n) is 13.8. The largest absolute Gasteiger partial charge is 0.394 e. The van der Waals surface area contributed by atoms with Gasteiger partial charge in [0.15, 0.2) is 18.9 Å². The number of rotatable bonds is 39. The first-order valence-corrected chi connectivity index (χ1v) is 27.9. The summed E-state index contributed by atoms with van der Waals surface area (Å²) in [6, 6.07) is -0.992. The van der Waals surface area contributed by atoms with E-state index < -0.39 is 124 Å². The number of allylic oxidation sites excluding steroid dienone is 7. The van der Waals surface area contributed by atoms with E-state index in [2.05, 4.69) is 55.6 Å². The summed E-state index contributed by atoms with van der Waals surface area (Å²) in [7, 11) is 0. The van der Waals surface area contributed by atoms with Crippen LogP contribution in [0.15, 0.2) is 48.6 Å². The number of ether oxygens (including phenoxy) is 6. The lowest BCUT2D eigenvalue weighted by molar-refractivity contribution is -0.379. The van der Waals surface area contributed by atoms with Crippen molar-refractivity contribution in [3.63, 3.8) is 0 Å². The topological polar surface area (TPSA) is 307 Å². The minimum atomic E-state index is -1.98. The van der Waals surface area contributed by atoms with E-state index in [1.165, 1.54) is 51.4 Å². The van der Waals surface area contributed by atoms with E-state index in [4.69, 9.17) is 28.4 Å². The average molecular weight is 1060 g/mol. The Morgan fingerprint density at radius 2 is 0.905 bits per heavy atom. The van der Waals surface area contributed by atoms with Crippen LogP contribution in [0.2, 0.25) is 0 Å².